The smallest absolute Gasteiger partial charge is 0.285 e. The zero-order valence-electron chi connectivity index (χ0n) is 14.3. The van der Waals surface area contributed by atoms with Crippen molar-refractivity contribution in [1.82, 2.24) is 0 Å². The number of ether oxygens (including phenoxy) is 1. The fourth-order valence-electron chi connectivity index (χ4n) is 2.44. The lowest BCUT2D eigenvalue weighted by atomic mass is 10.2. The van der Waals surface area contributed by atoms with Crippen LogP contribution in [0.5, 0.6) is 5.75 Å². The number of hydrogen-bond donors (Lipinski definition) is 2. The van der Waals surface area contributed by atoms with E-state index in [-0.39, 0.29) is 12.4 Å². The topological polar surface area (TPSA) is 35.2 Å². The van der Waals surface area contributed by atoms with E-state index in [1.807, 2.05) is 42.5 Å². The number of methoxy groups -OCH3 is 1. The number of halogens is 1. The van der Waals surface area contributed by atoms with Crippen molar-refractivity contribution in [1.29, 1.82) is 0 Å². The highest BCUT2D eigenvalue weighted by molar-refractivity contribution is 6.04. The first-order chi connectivity index (χ1) is 11.8. The van der Waals surface area contributed by atoms with Crippen molar-refractivity contribution in [3.8, 4) is 5.75 Å². The SMILES string of the molecule is COc1ccccc1[NH+]=C(Nc1ccc(C)cc1)c1ccccc1.[Cl-]. The van der Waals surface area contributed by atoms with Crippen LogP contribution in [0.15, 0.2) is 78.9 Å². The molecule has 3 nitrogen and oxygen atoms in total. The van der Waals surface area contributed by atoms with Gasteiger partial charge in [-0.15, -0.1) is 0 Å². The van der Waals surface area contributed by atoms with Crippen LogP contribution in [0, 0.1) is 6.92 Å². The molecule has 0 heterocycles. The molecular weight excluding hydrogens is 332 g/mol. The Labute approximate surface area is 154 Å². The van der Waals surface area contributed by atoms with Crippen molar-refractivity contribution in [3.63, 3.8) is 0 Å². The number of anilines is 1. The molecule has 3 aromatic carbocycles. The molecule has 0 fully saturated rings. The first kappa shape index (κ1) is 18.6. The zero-order chi connectivity index (χ0) is 16.8. The Bertz CT molecular complexity index is 830. The average Bonchev–Trinajstić information content (AvgIpc) is 2.64. The molecule has 3 aromatic rings. The van der Waals surface area contributed by atoms with Crippen LogP contribution >= 0.6 is 0 Å². The molecule has 0 unspecified atom stereocenters. The lowest BCUT2D eigenvalue weighted by molar-refractivity contribution is -0.354. The molecule has 0 saturated heterocycles. The van der Waals surface area contributed by atoms with Crippen LogP contribution in [0.4, 0.5) is 11.4 Å². The van der Waals surface area contributed by atoms with Gasteiger partial charge in [0.25, 0.3) is 5.84 Å². The summed E-state index contributed by atoms with van der Waals surface area (Å²) in [6.45, 7) is 2.08. The van der Waals surface area contributed by atoms with E-state index in [1.54, 1.807) is 7.11 Å². The van der Waals surface area contributed by atoms with E-state index < -0.39 is 0 Å². The Hall–Kier alpha value is -2.78. The van der Waals surface area contributed by atoms with Gasteiger partial charge in [-0.1, -0.05) is 48.0 Å². The summed E-state index contributed by atoms with van der Waals surface area (Å²) in [7, 11) is 1.68. The molecule has 0 spiro atoms. The average molecular weight is 353 g/mol. The fraction of sp³-hybridized carbons (Fsp3) is 0.0952. The minimum Gasteiger partial charge on any atom is -1.00 e. The van der Waals surface area contributed by atoms with E-state index in [1.165, 1.54) is 5.56 Å². The summed E-state index contributed by atoms with van der Waals surface area (Å²) in [6.07, 6.45) is 0. The van der Waals surface area contributed by atoms with Crippen molar-refractivity contribution >= 4 is 17.2 Å². The molecule has 0 amide bonds. The molecule has 4 heteroatoms. The summed E-state index contributed by atoms with van der Waals surface area (Å²) in [4.78, 5) is 3.46. The molecule has 0 aliphatic heterocycles. The third-order valence-electron chi connectivity index (χ3n) is 3.75. The van der Waals surface area contributed by atoms with Gasteiger partial charge in [-0.3, -0.25) is 0 Å². The molecule has 0 saturated carbocycles. The molecule has 0 radical (unpaired) electrons. The van der Waals surface area contributed by atoms with Crippen molar-refractivity contribution in [2.75, 3.05) is 12.4 Å². The lowest BCUT2D eigenvalue weighted by Crippen LogP contribution is -3.00. The normalized spacial score (nSPS) is 10.7. The molecule has 0 aliphatic carbocycles. The number of amidine groups is 1. The Balaban J connectivity index is 0.00000225. The van der Waals surface area contributed by atoms with Crippen molar-refractivity contribution in [3.05, 3.63) is 90.0 Å². The maximum absolute atomic E-state index is 5.44. The maximum Gasteiger partial charge on any atom is 0.285 e. The summed E-state index contributed by atoms with van der Waals surface area (Å²) in [5.41, 5.74) is 4.25. The predicted octanol–water partition coefficient (Wildman–Crippen LogP) is 0.279. The number of rotatable bonds is 4. The Morgan fingerprint density at radius 2 is 1.48 bits per heavy atom. The summed E-state index contributed by atoms with van der Waals surface area (Å²) < 4.78 is 5.44. The first-order valence-corrected chi connectivity index (χ1v) is 7.92. The first-order valence-electron chi connectivity index (χ1n) is 7.92. The third kappa shape index (κ3) is 4.85. The van der Waals surface area contributed by atoms with E-state index >= 15 is 0 Å². The molecule has 128 valence electrons. The second kappa shape index (κ2) is 8.90. The summed E-state index contributed by atoms with van der Waals surface area (Å²) >= 11 is 0. The minimum absolute atomic E-state index is 0. The standard InChI is InChI=1S/C21H20N2O.ClH/c1-16-12-14-18(15-13-16)22-21(17-8-4-3-5-9-17)23-19-10-6-7-11-20(19)24-2;/h3-15H,1-2H3,(H,22,23);1H. The molecule has 0 atom stereocenters. The number of hydrogen-bond acceptors (Lipinski definition) is 1. The van der Waals surface area contributed by atoms with Gasteiger partial charge in [0.1, 0.15) is 5.69 Å². The second-order valence-electron chi connectivity index (χ2n) is 5.56. The fourth-order valence-corrected chi connectivity index (χ4v) is 2.44. The van der Waals surface area contributed by atoms with E-state index in [4.69, 9.17) is 4.74 Å². The van der Waals surface area contributed by atoms with E-state index in [0.717, 1.165) is 28.5 Å². The minimum atomic E-state index is 0. The van der Waals surface area contributed by atoms with Gasteiger partial charge >= 0.3 is 0 Å². The van der Waals surface area contributed by atoms with E-state index in [0.29, 0.717) is 0 Å². The summed E-state index contributed by atoms with van der Waals surface area (Å²) in [5, 5.41) is 3.47. The van der Waals surface area contributed by atoms with Gasteiger partial charge in [0.05, 0.1) is 12.7 Å². The molecule has 3 rings (SSSR count). The van der Waals surface area contributed by atoms with Crippen molar-refractivity contribution in [2.45, 2.75) is 6.92 Å². The van der Waals surface area contributed by atoms with Gasteiger partial charge in [0, 0.05) is 0 Å². The number of para-hydroxylation sites is 2. The van der Waals surface area contributed by atoms with Crippen LogP contribution in [0.2, 0.25) is 0 Å². The monoisotopic (exact) mass is 352 g/mol. The quantitative estimate of drug-likeness (QED) is 0.522. The van der Waals surface area contributed by atoms with E-state index in [9.17, 15) is 0 Å². The van der Waals surface area contributed by atoms with Crippen LogP contribution in [0.25, 0.3) is 0 Å². The predicted molar refractivity (Wildman–Crippen MR) is 99.0 cm³/mol. The highest BCUT2D eigenvalue weighted by atomic mass is 35.5. The lowest BCUT2D eigenvalue weighted by Gasteiger charge is -2.06. The summed E-state index contributed by atoms with van der Waals surface area (Å²) in [5.74, 6) is 1.71. The van der Waals surface area contributed by atoms with Gasteiger partial charge in [-0.05, 0) is 43.3 Å². The highest BCUT2D eigenvalue weighted by Gasteiger charge is 2.13. The number of aryl methyl sites for hydroxylation is 1. The zero-order valence-corrected chi connectivity index (χ0v) is 15.0. The third-order valence-corrected chi connectivity index (χ3v) is 3.75. The van der Waals surface area contributed by atoms with Gasteiger partial charge in [-0.25, -0.2) is 10.3 Å². The Kier molecular flexibility index (Phi) is 6.61. The molecule has 0 bridgehead atoms. The molecular formula is C21H21ClN2O. The van der Waals surface area contributed by atoms with Crippen LogP contribution in [-0.4, -0.2) is 12.9 Å². The highest BCUT2D eigenvalue weighted by Crippen LogP contribution is 2.17. The van der Waals surface area contributed by atoms with Crippen LogP contribution in [-0.2, 0) is 0 Å². The Morgan fingerprint density at radius 1 is 0.840 bits per heavy atom. The van der Waals surface area contributed by atoms with Crippen molar-refractivity contribution in [2.24, 2.45) is 0 Å². The van der Waals surface area contributed by atoms with Gasteiger partial charge in [0.15, 0.2) is 11.4 Å². The molecule has 25 heavy (non-hydrogen) atoms. The van der Waals surface area contributed by atoms with Gasteiger partial charge in [-0.2, -0.15) is 0 Å². The number of benzene rings is 3. The summed E-state index contributed by atoms with van der Waals surface area (Å²) in [6, 6.07) is 26.4. The van der Waals surface area contributed by atoms with Crippen LogP contribution in [0.1, 0.15) is 11.1 Å². The van der Waals surface area contributed by atoms with Gasteiger partial charge < -0.3 is 17.1 Å². The van der Waals surface area contributed by atoms with Gasteiger partial charge in [0.2, 0.25) is 0 Å². The molecule has 2 N–H and O–H groups in total. The maximum atomic E-state index is 5.44. The Morgan fingerprint density at radius 3 is 2.16 bits per heavy atom. The molecule has 0 aromatic heterocycles. The van der Waals surface area contributed by atoms with Crippen molar-refractivity contribution < 1.29 is 22.1 Å². The largest absolute Gasteiger partial charge is 1.00 e. The van der Waals surface area contributed by atoms with E-state index in [2.05, 4.69) is 53.6 Å². The van der Waals surface area contributed by atoms with Crippen LogP contribution < -0.4 is 27.5 Å². The number of nitrogens with one attached hydrogen (secondary N) is 2. The second-order valence-corrected chi connectivity index (χ2v) is 5.56. The van der Waals surface area contributed by atoms with Crippen LogP contribution in [0.3, 0.4) is 0 Å². The molecule has 0 aliphatic rings.